The molecule has 6 nitrogen and oxygen atoms in total. The number of anilines is 1. The highest BCUT2D eigenvalue weighted by molar-refractivity contribution is 6.02. The second kappa shape index (κ2) is 7.02. The quantitative estimate of drug-likeness (QED) is 0.764. The molecule has 1 amide bonds. The van der Waals surface area contributed by atoms with Crippen molar-refractivity contribution in [1.29, 1.82) is 0 Å². The zero-order valence-corrected chi connectivity index (χ0v) is 14.0. The first-order chi connectivity index (χ1) is 12.8. The van der Waals surface area contributed by atoms with Crippen LogP contribution in [0, 0.1) is 6.92 Å². The zero-order chi connectivity index (χ0) is 19.6. The molecule has 0 saturated heterocycles. The molecular weight excluding hydrogens is 361 g/mol. The Morgan fingerprint density at radius 3 is 2.56 bits per heavy atom. The van der Waals surface area contributed by atoms with E-state index in [1.54, 1.807) is 12.1 Å². The highest BCUT2D eigenvalue weighted by atomic mass is 19.4. The van der Waals surface area contributed by atoms with Crippen molar-refractivity contribution in [3.8, 4) is 5.69 Å². The van der Waals surface area contributed by atoms with Gasteiger partial charge in [0.05, 0.1) is 11.3 Å². The summed E-state index contributed by atoms with van der Waals surface area (Å²) >= 11 is 0. The Morgan fingerprint density at radius 1 is 1.11 bits per heavy atom. The van der Waals surface area contributed by atoms with E-state index in [-0.39, 0.29) is 17.2 Å². The van der Waals surface area contributed by atoms with Crippen molar-refractivity contribution in [2.75, 3.05) is 5.32 Å². The topological polar surface area (TPSA) is 76.9 Å². The summed E-state index contributed by atoms with van der Waals surface area (Å²) in [5.41, 5.74) is -1.60. The van der Waals surface area contributed by atoms with E-state index >= 15 is 0 Å². The molecule has 9 heteroatoms. The largest absolute Gasteiger partial charge is 0.416 e. The van der Waals surface area contributed by atoms with Gasteiger partial charge in [0.2, 0.25) is 5.43 Å². The van der Waals surface area contributed by atoms with E-state index in [2.05, 4.69) is 15.4 Å². The van der Waals surface area contributed by atoms with Crippen molar-refractivity contribution in [3.05, 3.63) is 81.9 Å². The highest BCUT2D eigenvalue weighted by Crippen LogP contribution is 2.30. The van der Waals surface area contributed by atoms with Gasteiger partial charge in [0, 0.05) is 18.0 Å². The van der Waals surface area contributed by atoms with Crippen molar-refractivity contribution in [2.45, 2.75) is 13.1 Å². The molecule has 3 aromatic rings. The van der Waals surface area contributed by atoms with Crippen LogP contribution in [0.3, 0.4) is 0 Å². The molecule has 0 saturated carbocycles. The van der Waals surface area contributed by atoms with E-state index in [0.717, 1.165) is 22.9 Å². The van der Waals surface area contributed by atoms with E-state index in [4.69, 9.17) is 0 Å². The van der Waals surface area contributed by atoms with Gasteiger partial charge in [-0.15, -0.1) is 0 Å². The lowest BCUT2D eigenvalue weighted by atomic mass is 10.2. The molecule has 0 bridgehead atoms. The summed E-state index contributed by atoms with van der Waals surface area (Å²) in [4.78, 5) is 28.4. The van der Waals surface area contributed by atoms with Crippen LogP contribution in [-0.2, 0) is 6.18 Å². The maximum atomic E-state index is 12.9. The summed E-state index contributed by atoms with van der Waals surface area (Å²) in [6.45, 7) is 1.51. The Morgan fingerprint density at radius 2 is 1.89 bits per heavy atom. The molecule has 0 radical (unpaired) electrons. The average Bonchev–Trinajstić information content (AvgIpc) is 2.62. The van der Waals surface area contributed by atoms with Crippen molar-refractivity contribution < 1.29 is 18.0 Å². The van der Waals surface area contributed by atoms with Crippen molar-refractivity contribution in [1.82, 2.24) is 14.8 Å². The molecule has 3 rings (SSSR count). The van der Waals surface area contributed by atoms with Gasteiger partial charge >= 0.3 is 6.18 Å². The third-order valence-corrected chi connectivity index (χ3v) is 3.65. The Hall–Kier alpha value is -3.49. The van der Waals surface area contributed by atoms with Crippen LogP contribution in [0.2, 0.25) is 0 Å². The van der Waals surface area contributed by atoms with Gasteiger partial charge in [-0.25, -0.2) is 9.67 Å². The maximum absolute atomic E-state index is 12.9. The summed E-state index contributed by atoms with van der Waals surface area (Å²) in [6, 6.07) is 10.4. The minimum absolute atomic E-state index is 0.0780. The summed E-state index contributed by atoms with van der Waals surface area (Å²) in [5.74, 6) is -0.589. The number of rotatable bonds is 3. The van der Waals surface area contributed by atoms with Crippen molar-refractivity contribution in [2.24, 2.45) is 0 Å². The average molecular weight is 374 g/mol. The Bertz CT molecular complexity index is 1050. The summed E-state index contributed by atoms with van der Waals surface area (Å²) in [7, 11) is 0. The van der Waals surface area contributed by atoms with Gasteiger partial charge in [0.15, 0.2) is 5.69 Å². The van der Waals surface area contributed by atoms with Gasteiger partial charge in [0.25, 0.3) is 5.91 Å². The van der Waals surface area contributed by atoms with Crippen molar-refractivity contribution >= 4 is 11.7 Å². The lowest BCUT2D eigenvalue weighted by Crippen LogP contribution is -2.27. The smallest absolute Gasteiger partial charge is 0.305 e. The van der Waals surface area contributed by atoms with E-state index in [0.29, 0.717) is 0 Å². The van der Waals surface area contributed by atoms with Crippen LogP contribution in [-0.4, -0.2) is 20.7 Å². The van der Waals surface area contributed by atoms with Gasteiger partial charge in [0.1, 0.15) is 5.82 Å². The lowest BCUT2D eigenvalue weighted by molar-refractivity contribution is -0.137. The Labute approximate surface area is 151 Å². The molecule has 2 aromatic heterocycles. The number of aryl methyl sites for hydroxylation is 1. The molecule has 0 spiro atoms. The third-order valence-electron chi connectivity index (χ3n) is 3.65. The van der Waals surface area contributed by atoms with Gasteiger partial charge in [-0.2, -0.15) is 18.3 Å². The number of amides is 1. The molecule has 0 unspecified atom stereocenters. The molecule has 27 heavy (non-hydrogen) atoms. The predicted octanol–water partition coefficient (Wildman–Crippen LogP) is 3.21. The summed E-state index contributed by atoms with van der Waals surface area (Å²) < 4.78 is 40.0. The number of hydrogen-bond donors (Lipinski definition) is 1. The fourth-order valence-electron chi connectivity index (χ4n) is 2.39. The third kappa shape index (κ3) is 4.02. The van der Waals surface area contributed by atoms with Crippen LogP contribution in [0.5, 0.6) is 0 Å². The molecule has 0 fully saturated rings. The molecule has 1 aromatic carbocycles. The number of hydrogen-bond acceptors (Lipinski definition) is 4. The van der Waals surface area contributed by atoms with E-state index < -0.39 is 28.8 Å². The monoisotopic (exact) mass is 374 g/mol. The molecule has 0 aliphatic heterocycles. The van der Waals surface area contributed by atoms with Crippen LogP contribution in [0.25, 0.3) is 5.69 Å². The first kappa shape index (κ1) is 18.3. The minimum Gasteiger partial charge on any atom is -0.305 e. The van der Waals surface area contributed by atoms with Crippen LogP contribution >= 0.6 is 0 Å². The van der Waals surface area contributed by atoms with E-state index in [1.807, 2.05) is 0 Å². The summed E-state index contributed by atoms with van der Waals surface area (Å²) in [5, 5.41) is 6.39. The molecule has 1 N–H and O–H groups in total. The standard InChI is InChI=1S/C18H13F3N4O2/c1-11-9-14(26)16(17(27)23-15-7-2-3-8-22-15)24-25(11)13-6-4-5-12(10-13)18(19,20)21/h2-10H,1H3,(H,22,23,27). The van der Waals surface area contributed by atoms with Crippen LogP contribution < -0.4 is 10.7 Å². The van der Waals surface area contributed by atoms with Crippen LogP contribution in [0.4, 0.5) is 19.0 Å². The Kier molecular flexibility index (Phi) is 4.76. The first-order valence-electron chi connectivity index (χ1n) is 7.77. The lowest BCUT2D eigenvalue weighted by Gasteiger charge is -2.13. The Balaban J connectivity index is 2.02. The second-order valence-corrected chi connectivity index (χ2v) is 5.63. The molecular formula is C18H13F3N4O2. The predicted molar refractivity (Wildman–Crippen MR) is 91.8 cm³/mol. The van der Waals surface area contributed by atoms with Gasteiger partial charge in [-0.05, 0) is 37.3 Å². The van der Waals surface area contributed by atoms with E-state index in [1.165, 1.54) is 31.3 Å². The highest BCUT2D eigenvalue weighted by Gasteiger charge is 2.30. The maximum Gasteiger partial charge on any atom is 0.416 e. The van der Waals surface area contributed by atoms with Crippen LogP contribution in [0.1, 0.15) is 21.7 Å². The number of benzene rings is 1. The number of halogens is 3. The summed E-state index contributed by atoms with van der Waals surface area (Å²) in [6.07, 6.45) is -3.07. The van der Waals surface area contributed by atoms with E-state index in [9.17, 15) is 22.8 Å². The minimum atomic E-state index is -4.53. The van der Waals surface area contributed by atoms with Gasteiger partial charge in [-0.3, -0.25) is 9.59 Å². The number of carbonyl (C=O) groups excluding carboxylic acids is 1. The molecule has 0 atom stereocenters. The fourth-order valence-corrected chi connectivity index (χ4v) is 2.39. The number of alkyl halides is 3. The molecule has 2 heterocycles. The number of carbonyl (C=O) groups is 1. The molecule has 0 aliphatic rings. The molecule has 138 valence electrons. The number of nitrogens with one attached hydrogen (secondary N) is 1. The number of nitrogens with zero attached hydrogens (tertiary/aromatic N) is 3. The van der Waals surface area contributed by atoms with Crippen molar-refractivity contribution in [3.63, 3.8) is 0 Å². The van der Waals surface area contributed by atoms with Gasteiger partial charge in [-0.1, -0.05) is 12.1 Å². The van der Waals surface area contributed by atoms with Crippen LogP contribution in [0.15, 0.2) is 59.5 Å². The SMILES string of the molecule is Cc1cc(=O)c(C(=O)Nc2ccccn2)nn1-c1cccc(C(F)(F)F)c1. The number of aromatic nitrogens is 3. The fraction of sp³-hybridized carbons (Fsp3) is 0.111. The molecule has 0 aliphatic carbocycles. The normalized spacial score (nSPS) is 11.3. The zero-order valence-electron chi connectivity index (χ0n) is 14.0. The second-order valence-electron chi connectivity index (χ2n) is 5.63. The number of pyridine rings is 1. The first-order valence-corrected chi connectivity index (χ1v) is 7.77. The van der Waals surface area contributed by atoms with Gasteiger partial charge < -0.3 is 5.32 Å².